The summed E-state index contributed by atoms with van der Waals surface area (Å²) < 4.78 is 4.98. The molecule has 0 aliphatic rings. The van der Waals surface area contributed by atoms with Gasteiger partial charge in [0.05, 0.1) is 13.2 Å². The highest BCUT2D eigenvalue weighted by molar-refractivity contribution is 6.05. The molecule has 5 heteroatoms. The van der Waals surface area contributed by atoms with Crippen LogP contribution in [0.3, 0.4) is 0 Å². The van der Waals surface area contributed by atoms with Gasteiger partial charge in [-0.2, -0.15) is 0 Å². The molecule has 0 aliphatic heterocycles. The first kappa shape index (κ1) is 15.7. The van der Waals surface area contributed by atoms with E-state index in [1.54, 1.807) is 0 Å². The number of carbonyl (C=O) groups excluding carboxylic acids is 2. The summed E-state index contributed by atoms with van der Waals surface area (Å²) in [6.45, 7) is 9.25. The zero-order chi connectivity index (χ0) is 13.6. The summed E-state index contributed by atoms with van der Waals surface area (Å²) in [5.74, 6) is -1.23. The molecule has 0 fully saturated rings. The fourth-order valence-corrected chi connectivity index (χ4v) is 1.12. The molecule has 0 aromatic carbocycles. The Hall–Kier alpha value is -1.30. The molecule has 0 aromatic heterocycles. The molecule has 0 aliphatic carbocycles. The first-order valence-electron chi connectivity index (χ1n) is 5.12. The summed E-state index contributed by atoms with van der Waals surface area (Å²) in [7, 11) is 0. The molecule has 2 N–H and O–H groups in total. The summed E-state index contributed by atoms with van der Waals surface area (Å²) in [5, 5.41) is 18.3. The van der Waals surface area contributed by atoms with Crippen molar-refractivity contribution in [2.75, 3.05) is 13.2 Å². The quantitative estimate of drug-likeness (QED) is 0.586. The Morgan fingerprint density at radius 3 is 2.00 bits per heavy atom. The van der Waals surface area contributed by atoms with Gasteiger partial charge in [-0.1, -0.05) is 13.2 Å². The van der Waals surface area contributed by atoms with Crippen LogP contribution >= 0.6 is 0 Å². The second-order valence-corrected chi connectivity index (χ2v) is 3.75. The lowest BCUT2D eigenvalue weighted by molar-refractivity contribution is -0.144. The van der Waals surface area contributed by atoms with Crippen LogP contribution < -0.4 is 0 Å². The second kappa shape index (κ2) is 7.11. The van der Waals surface area contributed by atoms with Gasteiger partial charge in [-0.25, -0.2) is 0 Å². The molecule has 0 aromatic rings. The summed E-state index contributed by atoms with van der Waals surface area (Å²) in [4.78, 5) is 23.2. The van der Waals surface area contributed by atoms with Gasteiger partial charge in [0.1, 0.15) is 6.10 Å². The van der Waals surface area contributed by atoms with Gasteiger partial charge in [-0.15, -0.1) is 0 Å². The van der Waals surface area contributed by atoms with Crippen LogP contribution in [0.1, 0.15) is 13.8 Å². The molecule has 0 saturated heterocycles. The second-order valence-electron chi connectivity index (χ2n) is 3.75. The van der Waals surface area contributed by atoms with E-state index in [-0.39, 0.29) is 24.4 Å². The molecule has 2 unspecified atom stereocenters. The van der Waals surface area contributed by atoms with Crippen LogP contribution in [0.2, 0.25) is 0 Å². The Morgan fingerprint density at radius 1 is 1.18 bits per heavy atom. The minimum absolute atomic E-state index is 0.129. The predicted octanol–water partition coefficient (Wildman–Crippen LogP) is 0.0152. The van der Waals surface area contributed by atoms with Gasteiger partial charge >= 0.3 is 0 Å². The standard InChI is InChI=1S/C12H18O5/c1-7(2)9(14)11(16)12(17-6-5-13)10(15)8(3)4/h11-13,16H,1,3,5-6H2,2,4H3. The lowest BCUT2D eigenvalue weighted by atomic mass is 9.98. The highest BCUT2D eigenvalue weighted by Crippen LogP contribution is 2.10. The molecule has 0 amide bonds. The van der Waals surface area contributed by atoms with E-state index in [1.165, 1.54) is 13.8 Å². The number of hydrogen-bond donors (Lipinski definition) is 2. The Kier molecular flexibility index (Phi) is 6.57. The zero-order valence-corrected chi connectivity index (χ0v) is 10.1. The number of ketones is 2. The number of ether oxygens (including phenoxy) is 1. The van der Waals surface area contributed by atoms with E-state index in [4.69, 9.17) is 9.84 Å². The lowest BCUT2D eigenvalue weighted by Gasteiger charge is -2.21. The average molecular weight is 242 g/mol. The molecule has 0 saturated carbocycles. The van der Waals surface area contributed by atoms with E-state index in [0.29, 0.717) is 0 Å². The van der Waals surface area contributed by atoms with Crippen LogP contribution in [0.25, 0.3) is 0 Å². The third-order valence-corrected chi connectivity index (χ3v) is 2.04. The van der Waals surface area contributed by atoms with Crippen molar-refractivity contribution >= 4 is 11.6 Å². The van der Waals surface area contributed by atoms with Gasteiger partial charge in [-0.3, -0.25) is 9.59 Å². The number of carbonyl (C=O) groups is 2. The van der Waals surface area contributed by atoms with Crippen molar-refractivity contribution < 1.29 is 24.5 Å². The molecule has 0 heterocycles. The topological polar surface area (TPSA) is 83.8 Å². The Bertz CT molecular complexity index is 332. The molecule has 17 heavy (non-hydrogen) atoms. The van der Waals surface area contributed by atoms with Crippen LogP contribution in [-0.4, -0.2) is 47.2 Å². The summed E-state index contributed by atoms with van der Waals surface area (Å²) in [5.41, 5.74) is 0.297. The maximum absolute atomic E-state index is 11.7. The maximum atomic E-state index is 11.7. The largest absolute Gasteiger partial charge is 0.394 e. The van der Waals surface area contributed by atoms with Gasteiger partial charge in [-0.05, 0) is 25.0 Å². The number of Topliss-reactive ketones (excluding diaryl/α,β-unsaturated/α-hetero) is 2. The van der Waals surface area contributed by atoms with Crippen LogP contribution in [0.5, 0.6) is 0 Å². The van der Waals surface area contributed by atoms with E-state index in [9.17, 15) is 14.7 Å². The van der Waals surface area contributed by atoms with E-state index in [0.717, 1.165) is 0 Å². The van der Waals surface area contributed by atoms with E-state index >= 15 is 0 Å². The minimum Gasteiger partial charge on any atom is -0.394 e. The van der Waals surface area contributed by atoms with Gasteiger partial charge in [0, 0.05) is 0 Å². The van der Waals surface area contributed by atoms with Crippen molar-refractivity contribution in [1.82, 2.24) is 0 Å². The molecular formula is C12H18O5. The summed E-state index contributed by atoms with van der Waals surface area (Å²) in [6, 6.07) is 0. The smallest absolute Gasteiger partial charge is 0.189 e. The number of hydrogen-bond acceptors (Lipinski definition) is 5. The highest BCUT2D eigenvalue weighted by atomic mass is 16.5. The monoisotopic (exact) mass is 242 g/mol. The molecule has 5 nitrogen and oxygen atoms in total. The molecule has 0 spiro atoms. The van der Waals surface area contributed by atoms with Gasteiger partial charge in [0.25, 0.3) is 0 Å². The van der Waals surface area contributed by atoms with Crippen molar-refractivity contribution in [3.05, 3.63) is 24.3 Å². The first-order valence-corrected chi connectivity index (χ1v) is 5.12. The molecule has 0 bridgehead atoms. The lowest BCUT2D eigenvalue weighted by Crippen LogP contribution is -2.42. The Morgan fingerprint density at radius 2 is 1.65 bits per heavy atom. The maximum Gasteiger partial charge on any atom is 0.189 e. The van der Waals surface area contributed by atoms with Crippen molar-refractivity contribution in [2.45, 2.75) is 26.1 Å². The van der Waals surface area contributed by atoms with Gasteiger partial charge in [0.15, 0.2) is 17.7 Å². The summed E-state index contributed by atoms with van der Waals surface area (Å²) >= 11 is 0. The fraction of sp³-hybridized carbons (Fsp3) is 0.500. The van der Waals surface area contributed by atoms with E-state index in [2.05, 4.69) is 13.2 Å². The predicted molar refractivity (Wildman–Crippen MR) is 62.5 cm³/mol. The molecule has 96 valence electrons. The molecule has 0 rings (SSSR count). The van der Waals surface area contributed by atoms with Crippen molar-refractivity contribution in [1.29, 1.82) is 0 Å². The van der Waals surface area contributed by atoms with Gasteiger partial charge < -0.3 is 14.9 Å². The SMILES string of the molecule is C=C(C)C(=O)C(O)C(OCCO)C(=O)C(=C)C. The number of aliphatic hydroxyl groups excluding tert-OH is 2. The van der Waals surface area contributed by atoms with Crippen LogP contribution in [0.15, 0.2) is 24.3 Å². The highest BCUT2D eigenvalue weighted by Gasteiger charge is 2.33. The third kappa shape index (κ3) is 4.60. The normalized spacial score (nSPS) is 13.9. The molecule has 0 radical (unpaired) electrons. The fourth-order valence-electron chi connectivity index (χ4n) is 1.12. The zero-order valence-electron chi connectivity index (χ0n) is 10.1. The minimum atomic E-state index is -1.62. The molecular weight excluding hydrogens is 224 g/mol. The summed E-state index contributed by atoms with van der Waals surface area (Å²) in [6.07, 6.45) is -2.97. The Balaban J connectivity index is 4.90. The average Bonchev–Trinajstić information content (AvgIpc) is 2.27. The van der Waals surface area contributed by atoms with Crippen LogP contribution in [-0.2, 0) is 14.3 Å². The van der Waals surface area contributed by atoms with Crippen LogP contribution in [0, 0.1) is 0 Å². The van der Waals surface area contributed by atoms with Crippen LogP contribution in [0.4, 0.5) is 0 Å². The van der Waals surface area contributed by atoms with E-state index < -0.39 is 23.8 Å². The van der Waals surface area contributed by atoms with Gasteiger partial charge in [0.2, 0.25) is 0 Å². The number of rotatable bonds is 8. The first-order chi connectivity index (χ1) is 7.82. The van der Waals surface area contributed by atoms with E-state index in [1.807, 2.05) is 0 Å². The van der Waals surface area contributed by atoms with Crippen molar-refractivity contribution in [3.63, 3.8) is 0 Å². The van der Waals surface area contributed by atoms with Crippen molar-refractivity contribution in [3.8, 4) is 0 Å². The number of aliphatic hydroxyl groups is 2. The molecule has 2 atom stereocenters. The third-order valence-electron chi connectivity index (χ3n) is 2.04. The van der Waals surface area contributed by atoms with Crippen molar-refractivity contribution in [2.24, 2.45) is 0 Å². The Labute approximate surface area is 100 Å².